The van der Waals surface area contributed by atoms with Crippen molar-refractivity contribution in [2.45, 2.75) is 26.3 Å². The van der Waals surface area contributed by atoms with Gasteiger partial charge in [-0.2, -0.15) is 0 Å². The van der Waals surface area contributed by atoms with Crippen LogP contribution < -0.4 is 5.73 Å². The standard InChI is InChI=1S/C7H12O2.C4H13NO3Si/c1-3-5-6-9-7(8)4-2;1-6-9(3,7-2)8-4-5/h4H,2-3,5-6H2,1H3;4-5H2,1-3H3. The Balaban J connectivity index is 0. The predicted octanol–water partition coefficient (Wildman–Crippen LogP) is 1.30. The van der Waals surface area contributed by atoms with Gasteiger partial charge < -0.3 is 23.7 Å². The summed E-state index contributed by atoms with van der Waals surface area (Å²) in [6, 6.07) is 0. The summed E-state index contributed by atoms with van der Waals surface area (Å²) >= 11 is 0. The molecule has 18 heavy (non-hydrogen) atoms. The molecule has 0 aromatic rings. The van der Waals surface area contributed by atoms with Gasteiger partial charge in [0, 0.05) is 26.8 Å². The van der Waals surface area contributed by atoms with Crippen LogP contribution in [0.1, 0.15) is 19.8 Å². The van der Waals surface area contributed by atoms with Gasteiger partial charge in [0.25, 0.3) is 0 Å². The summed E-state index contributed by atoms with van der Waals surface area (Å²) in [5.41, 5.74) is 5.12. The highest BCUT2D eigenvalue weighted by Gasteiger charge is 2.30. The van der Waals surface area contributed by atoms with Crippen molar-refractivity contribution in [3.63, 3.8) is 0 Å². The van der Waals surface area contributed by atoms with E-state index in [2.05, 4.69) is 11.3 Å². The molecule has 0 spiro atoms. The first-order valence-corrected chi connectivity index (χ1v) is 7.95. The van der Waals surface area contributed by atoms with Crippen molar-refractivity contribution < 1.29 is 22.8 Å². The average molecular weight is 279 g/mol. The summed E-state index contributed by atoms with van der Waals surface area (Å²) in [6.07, 6.45) is 3.15. The van der Waals surface area contributed by atoms with Crippen molar-refractivity contribution >= 4 is 14.8 Å². The molecule has 2 N–H and O–H groups in total. The monoisotopic (exact) mass is 279 g/mol. The molecule has 0 aliphatic heterocycles. The lowest BCUT2D eigenvalue weighted by Crippen LogP contribution is -2.41. The lowest BCUT2D eigenvalue weighted by Gasteiger charge is -2.20. The van der Waals surface area contributed by atoms with Gasteiger partial charge in [-0.25, -0.2) is 4.79 Å². The van der Waals surface area contributed by atoms with Crippen molar-refractivity contribution in [1.82, 2.24) is 0 Å². The second-order valence-corrected chi connectivity index (χ2v) is 6.14. The molecular weight excluding hydrogens is 254 g/mol. The van der Waals surface area contributed by atoms with E-state index >= 15 is 0 Å². The summed E-state index contributed by atoms with van der Waals surface area (Å²) in [6.45, 7) is 7.74. The zero-order valence-corrected chi connectivity index (χ0v) is 12.7. The molecule has 0 fully saturated rings. The molecule has 0 rings (SSSR count). The fourth-order valence-corrected chi connectivity index (χ4v) is 1.43. The Morgan fingerprint density at radius 3 is 2.22 bits per heavy atom. The van der Waals surface area contributed by atoms with Crippen LogP contribution in [0.3, 0.4) is 0 Å². The predicted molar refractivity (Wildman–Crippen MR) is 71.8 cm³/mol. The first-order chi connectivity index (χ1) is 8.49. The summed E-state index contributed by atoms with van der Waals surface area (Å²) in [5.74, 6) is -0.330. The first kappa shape index (κ1) is 19.6. The Morgan fingerprint density at radius 1 is 1.39 bits per heavy atom. The third-order valence-corrected chi connectivity index (χ3v) is 4.17. The smallest absolute Gasteiger partial charge is 0.463 e. The van der Waals surface area contributed by atoms with Crippen molar-refractivity contribution in [2.24, 2.45) is 5.73 Å². The fourth-order valence-electron chi connectivity index (χ4n) is 0.729. The minimum absolute atomic E-state index is 0.143. The second kappa shape index (κ2) is 12.7. The van der Waals surface area contributed by atoms with Gasteiger partial charge in [-0.15, -0.1) is 0 Å². The quantitative estimate of drug-likeness (QED) is 0.237. The maximum Gasteiger partial charge on any atom is 0.498 e. The van der Waals surface area contributed by atoms with Gasteiger partial charge >= 0.3 is 14.8 Å². The minimum atomic E-state index is -2.32. The van der Waals surface area contributed by atoms with Crippen LogP contribution in [0.2, 0.25) is 6.55 Å². The first-order valence-electron chi connectivity index (χ1n) is 5.73. The van der Waals surface area contributed by atoms with Gasteiger partial charge in [0.1, 0.15) is 0 Å². The normalized spacial score (nSPS) is 10.3. The van der Waals surface area contributed by atoms with Crippen LogP contribution >= 0.6 is 0 Å². The van der Waals surface area contributed by atoms with E-state index in [1.165, 1.54) is 6.08 Å². The van der Waals surface area contributed by atoms with Crippen LogP contribution in [0.25, 0.3) is 0 Å². The molecule has 0 radical (unpaired) electrons. The number of unbranched alkanes of at least 4 members (excludes halogenated alkanes) is 1. The summed E-state index contributed by atoms with van der Waals surface area (Å²) in [4.78, 5) is 10.3. The van der Waals surface area contributed by atoms with Crippen LogP contribution in [0.5, 0.6) is 0 Å². The Labute approximate surface area is 110 Å². The third kappa shape index (κ3) is 11.7. The van der Waals surface area contributed by atoms with Crippen molar-refractivity contribution in [3.05, 3.63) is 12.7 Å². The molecule has 0 heterocycles. The highest BCUT2D eigenvalue weighted by molar-refractivity contribution is 6.59. The topological polar surface area (TPSA) is 80.0 Å². The number of hydrogen-bond acceptors (Lipinski definition) is 6. The lowest BCUT2D eigenvalue weighted by atomic mass is 10.4. The Morgan fingerprint density at radius 2 is 1.94 bits per heavy atom. The SMILES string of the molecule is C=CC(=O)OCCCC.CO[Si](C)(OC)OCN. The minimum Gasteiger partial charge on any atom is -0.463 e. The zero-order chi connectivity index (χ0) is 14.4. The molecule has 0 saturated carbocycles. The molecule has 0 amide bonds. The molecule has 0 aliphatic rings. The molecular formula is C11H25NO5Si. The van der Waals surface area contributed by atoms with E-state index in [0.29, 0.717) is 6.61 Å². The van der Waals surface area contributed by atoms with E-state index < -0.39 is 8.80 Å². The summed E-state index contributed by atoms with van der Waals surface area (Å²) in [5, 5.41) is 0. The number of rotatable bonds is 8. The number of carbonyl (C=O) groups is 1. The third-order valence-electron chi connectivity index (χ3n) is 2.00. The number of esters is 1. The van der Waals surface area contributed by atoms with E-state index in [1.807, 2.05) is 6.92 Å². The largest absolute Gasteiger partial charge is 0.498 e. The number of ether oxygens (including phenoxy) is 1. The maximum atomic E-state index is 10.3. The molecule has 0 unspecified atom stereocenters. The second-order valence-electron chi connectivity index (χ2n) is 3.31. The van der Waals surface area contributed by atoms with Gasteiger partial charge in [0.2, 0.25) is 0 Å². The number of carbonyl (C=O) groups excluding carboxylic acids is 1. The molecule has 0 aliphatic carbocycles. The zero-order valence-electron chi connectivity index (χ0n) is 11.7. The van der Waals surface area contributed by atoms with Crippen LogP contribution in [0, 0.1) is 0 Å². The molecule has 7 heteroatoms. The Kier molecular flexibility index (Phi) is 13.8. The molecule has 0 bridgehead atoms. The van der Waals surface area contributed by atoms with E-state index in [0.717, 1.165) is 12.8 Å². The van der Waals surface area contributed by atoms with Crippen LogP contribution in [0.4, 0.5) is 0 Å². The van der Waals surface area contributed by atoms with Crippen LogP contribution in [-0.4, -0.2) is 42.3 Å². The summed E-state index contributed by atoms with van der Waals surface area (Å²) < 4.78 is 19.6. The van der Waals surface area contributed by atoms with Crippen LogP contribution in [0.15, 0.2) is 12.7 Å². The molecule has 6 nitrogen and oxygen atoms in total. The van der Waals surface area contributed by atoms with Crippen LogP contribution in [-0.2, 0) is 22.8 Å². The van der Waals surface area contributed by atoms with E-state index in [1.54, 1.807) is 20.8 Å². The maximum absolute atomic E-state index is 10.3. The van der Waals surface area contributed by atoms with E-state index in [-0.39, 0.29) is 12.7 Å². The fraction of sp³-hybridized carbons (Fsp3) is 0.727. The Hall–Kier alpha value is -0.733. The Bertz CT molecular complexity index is 221. The highest BCUT2D eigenvalue weighted by Crippen LogP contribution is 2.03. The van der Waals surface area contributed by atoms with Crippen molar-refractivity contribution in [3.8, 4) is 0 Å². The van der Waals surface area contributed by atoms with Gasteiger partial charge in [0.15, 0.2) is 0 Å². The van der Waals surface area contributed by atoms with Gasteiger partial charge in [-0.05, 0) is 6.42 Å². The van der Waals surface area contributed by atoms with Crippen molar-refractivity contribution in [2.75, 3.05) is 27.6 Å². The van der Waals surface area contributed by atoms with E-state index in [9.17, 15) is 4.79 Å². The van der Waals surface area contributed by atoms with Gasteiger partial charge in [-0.1, -0.05) is 19.9 Å². The molecule has 0 aromatic heterocycles. The van der Waals surface area contributed by atoms with Crippen molar-refractivity contribution in [1.29, 1.82) is 0 Å². The molecule has 0 atom stereocenters. The highest BCUT2D eigenvalue weighted by atomic mass is 28.4. The summed E-state index contributed by atoms with van der Waals surface area (Å²) in [7, 11) is 0.772. The van der Waals surface area contributed by atoms with Gasteiger partial charge in [-0.3, -0.25) is 0 Å². The molecule has 0 aromatic carbocycles. The van der Waals surface area contributed by atoms with Gasteiger partial charge in [0.05, 0.1) is 13.3 Å². The molecule has 0 saturated heterocycles. The average Bonchev–Trinajstić information content (AvgIpc) is 2.39. The number of nitrogens with two attached hydrogens (primary N) is 1. The van der Waals surface area contributed by atoms with E-state index in [4.69, 9.17) is 19.0 Å². The lowest BCUT2D eigenvalue weighted by molar-refractivity contribution is -0.137. The number of hydrogen-bond donors (Lipinski definition) is 1. The molecule has 108 valence electrons.